The Kier molecular flexibility index (Phi) is 5.71. The molecule has 1 unspecified atom stereocenters. The normalized spacial score (nSPS) is 11.6. The largest absolute Gasteiger partial charge is 0.468 e. The van der Waals surface area contributed by atoms with Crippen LogP contribution in [0.4, 0.5) is 5.69 Å². The smallest absolute Gasteiger partial charge is 0.313 e. The van der Waals surface area contributed by atoms with Gasteiger partial charge in [0, 0.05) is 6.54 Å². The van der Waals surface area contributed by atoms with Gasteiger partial charge in [-0.05, 0) is 38.4 Å². The Balaban J connectivity index is 1.96. The lowest BCUT2D eigenvalue weighted by molar-refractivity contribution is -0.136. The lowest BCUT2D eigenvalue weighted by atomic mass is 10.2. The maximum atomic E-state index is 12.0. The highest BCUT2D eigenvalue weighted by molar-refractivity contribution is 6.39. The number of rotatable bonds is 5. The summed E-state index contributed by atoms with van der Waals surface area (Å²) in [5.74, 6) is -0.911. The minimum Gasteiger partial charge on any atom is -0.468 e. The van der Waals surface area contributed by atoms with Crippen molar-refractivity contribution in [1.82, 2.24) is 10.2 Å². The summed E-state index contributed by atoms with van der Waals surface area (Å²) in [6.07, 6.45) is 1.55. The van der Waals surface area contributed by atoms with Crippen molar-refractivity contribution < 1.29 is 14.0 Å². The fourth-order valence-corrected chi connectivity index (χ4v) is 2.16. The van der Waals surface area contributed by atoms with Crippen LogP contribution in [-0.4, -0.2) is 37.4 Å². The average Bonchev–Trinajstić information content (AvgIpc) is 3.09. The summed E-state index contributed by atoms with van der Waals surface area (Å²) in [6, 6.07) is 11.8. The molecule has 0 bridgehead atoms. The molecule has 1 aromatic heterocycles. The number of hydrogen-bond donors (Lipinski definition) is 2. The van der Waals surface area contributed by atoms with E-state index in [1.54, 1.807) is 42.7 Å². The first-order valence-corrected chi connectivity index (χ1v) is 7.31. The minimum absolute atomic E-state index is 0.192. The molecular formula is C17H18N4O3. The zero-order valence-electron chi connectivity index (χ0n) is 13.4. The van der Waals surface area contributed by atoms with Gasteiger partial charge in [0.05, 0.1) is 23.6 Å². The topological polar surface area (TPSA) is 98.4 Å². The third-order valence-corrected chi connectivity index (χ3v) is 3.45. The number of nitrogens with one attached hydrogen (secondary N) is 2. The number of nitriles is 1. The zero-order chi connectivity index (χ0) is 17.5. The molecule has 0 radical (unpaired) electrons. The third kappa shape index (κ3) is 4.21. The summed E-state index contributed by atoms with van der Waals surface area (Å²) in [6.45, 7) is 0.215. The van der Waals surface area contributed by atoms with E-state index in [0.29, 0.717) is 17.0 Å². The van der Waals surface area contributed by atoms with E-state index < -0.39 is 11.8 Å². The predicted molar refractivity (Wildman–Crippen MR) is 87.9 cm³/mol. The molecule has 0 fully saturated rings. The van der Waals surface area contributed by atoms with Crippen LogP contribution in [0.2, 0.25) is 0 Å². The maximum absolute atomic E-state index is 12.0. The van der Waals surface area contributed by atoms with Crippen LogP contribution in [0, 0.1) is 11.3 Å². The highest BCUT2D eigenvalue weighted by Crippen LogP contribution is 2.17. The van der Waals surface area contributed by atoms with Gasteiger partial charge in [-0.15, -0.1) is 0 Å². The van der Waals surface area contributed by atoms with E-state index in [-0.39, 0.29) is 12.6 Å². The molecule has 7 nitrogen and oxygen atoms in total. The van der Waals surface area contributed by atoms with E-state index >= 15 is 0 Å². The Labute approximate surface area is 139 Å². The number of nitrogens with zero attached hydrogens (tertiary/aromatic N) is 2. The first kappa shape index (κ1) is 17.2. The number of furan rings is 1. The maximum Gasteiger partial charge on any atom is 0.313 e. The standard InChI is InChI=1S/C17H18N4O3/c1-21(2)14(15-8-5-9-24-15)11-19-16(22)17(23)20-13-7-4-3-6-12(13)10-18/h3-9,14H,11H2,1-2H3,(H,19,22)(H,20,23). The van der Waals surface area contributed by atoms with Crippen LogP contribution in [-0.2, 0) is 9.59 Å². The monoisotopic (exact) mass is 326 g/mol. The molecule has 2 amide bonds. The van der Waals surface area contributed by atoms with Gasteiger partial charge in [0.15, 0.2) is 0 Å². The van der Waals surface area contributed by atoms with Crippen molar-refractivity contribution in [3.8, 4) is 6.07 Å². The Hall–Kier alpha value is -3.11. The van der Waals surface area contributed by atoms with Crippen LogP contribution in [0.25, 0.3) is 0 Å². The Bertz CT molecular complexity index is 747. The molecule has 1 aromatic carbocycles. The van der Waals surface area contributed by atoms with E-state index in [0.717, 1.165) is 0 Å². The number of hydrogen-bond acceptors (Lipinski definition) is 5. The van der Waals surface area contributed by atoms with Crippen LogP contribution in [0.1, 0.15) is 17.4 Å². The lowest BCUT2D eigenvalue weighted by Gasteiger charge is -2.22. The van der Waals surface area contributed by atoms with Gasteiger partial charge < -0.3 is 15.1 Å². The Morgan fingerprint density at radius 3 is 2.58 bits per heavy atom. The van der Waals surface area contributed by atoms with Gasteiger partial charge in [-0.25, -0.2) is 0 Å². The summed E-state index contributed by atoms with van der Waals surface area (Å²) < 4.78 is 5.35. The van der Waals surface area contributed by atoms with Gasteiger partial charge in [-0.1, -0.05) is 12.1 Å². The molecule has 1 atom stereocenters. The second kappa shape index (κ2) is 7.94. The molecular weight excluding hydrogens is 308 g/mol. The average molecular weight is 326 g/mol. The van der Waals surface area contributed by atoms with Gasteiger partial charge in [-0.3, -0.25) is 14.5 Å². The van der Waals surface area contributed by atoms with E-state index in [9.17, 15) is 9.59 Å². The van der Waals surface area contributed by atoms with Gasteiger partial charge in [0.1, 0.15) is 11.8 Å². The SMILES string of the molecule is CN(C)C(CNC(=O)C(=O)Nc1ccccc1C#N)c1ccco1. The second-order valence-corrected chi connectivity index (χ2v) is 5.32. The van der Waals surface area contributed by atoms with E-state index in [1.807, 2.05) is 25.1 Å². The molecule has 1 heterocycles. The van der Waals surface area contributed by atoms with Crippen molar-refractivity contribution in [2.24, 2.45) is 0 Å². The van der Waals surface area contributed by atoms with Crippen molar-refractivity contribution in [3.05, 3.63) is 54.0 Å². The minimum atomic E-state index is -0.824. The first-order valence-electron chi connectivity index (χ1n) is 7.31. The van der Waals surface area contributed by atoms with E-state index in [2.05, 4.69) is 10.6 Å². The van der Waals surface area contributed by atoms with Gasteiger partial charge in [0.2, 0.25) is 0 Å². The Morgan fingerprint density at radius 1 is 1.21 bits per heavy atom. The molecule has 0 aliphatic heterocycles. The number of carbonyl (C=O) groups excluding carboxylic acids is 2. The number of carbonyl (C=O) groups is 2. The molecule has 2 N–H and O–H groups in total. The molecule has 0 aliphatic carbocycles. The number of anilines is 1. The van der Waals surface area contributed by atoms with Crippen molar-refractivity contribution in [2.45, 2.75) is 6.04 Å². The molecule has 24 heavy (non-hydrogen) atoms. The lowest BCUT2D eigenvalue weighted by Crippen LogP contribution is -2.40. The number of para-hydroxylation sites is 1. The van der Waals surface area contributed by atoms with Gasteiger partial charge in [-0.2, -0.15) is 5.26 Å². The van der Waals surface area contributed by atoms with Crippen LogP contribution in [0.3, 0.4) is 0 Å². The molecule has 0 aliphatic rings. The third-order valence-electron chi connectivity index (χ3n) is 3.45. The van der Waals surface area contributed by atoms with Crippen LogP contribution in [0.15, 0.2) is 47.1 Å². The molecule has 2 aromatic rings. The fraction of sp³-hybridized carbons (Fsp3) is 0.235. The predicted octanol–water partition coefficient (Wildman–Crippen LogP) is 1.51. The Morgan fingerprint density at radius 2 is 1.96 bits per heavy atom. The summed E-state index contributed by atoms with van der Waals surface area (Å²) in [5.41, 5.74) is 0.593. The number of likely N-dealkylation sites (N-methyl/N-ethyl adjacent to an activating group) is 1. The van der Waals surface area contributed by atoms with Crippen LogP contribution in [0.5, 0.6) is 0 Å². The van der Waals surface area contributed by atoms with Crippen molar-refractivity contribution in [2.75, 3.05) is 26.0 Å². The molecule has 0 saturated heterocycles. The van der Waals surface area contributed by atoms with Crippen molar-refractivity contribution >= 4 is 17.5 Å². The first-order chi connectivity index (χ1) is 11.5. The van der Waals surface area contributed by atoms with Gasteiger partial charge >= 0.3 is 11.8 Å². The van der Waals surface area contributed by atoms with E-state index in [1.165, 1.54) is 0 Å². The summed E-state index contributed by atoms with van der Waals surface area (Å²) in [7, 11) is 3.70. The van der Waals surface area contributed by atoms with E-state index in [4.69, 9.17) is 9.68 Å². The van der Waals surface area contributed by atoms with Crippen molar-refractivity contribution in [3.63, 3.8) is 0 Å². The quantitative estimate of drug-likeness (QED) is 0.812. The van der Waals surface area contributed by atoms with Gasteiger partial charge in [0.25, 0.3) is 0 Å². The number of benzene rings is 1. The number of amides is 2. The van der Waals surface area contributed by atoms with Crippen LogP contribution < -0.4 is 10.6 Å². The molecule has 0 spiro atoms. The molecule has 7 heteroatoms. The second-order valence-electron chi connectivity index (χ2n) is 5.32. The molecule has 2 rings (SSSR count). The van der Waals surface area contributed by atoms with Crippen LogP contribution >= 0.6 is 0 Å². The zero-order valence-corrected chi connectivity index (χ0v) is 13.4. The molecule has 124 valence electrons. The highest BCUT2D eigenvalue weighted by Gasteiger charge is 2.21. The summed E-state index contributed by atoms with van der Waals surface area (Å²) >= 11 is 0. The summed E-state index contributed by atoms with van der Waals surface area (Å²) in [5, 5.41) is 14.0. The summed E-state index contributed by atoms with van der Waals surface area (Å²) in [4.78, 5) is 25.8. The highest BCUT2D eigenvalue weighted by atomic mass is 16.3. The van der Waals surface area contributed by atoms with Crippen molar-refractivity contribution in [1.29, 1.82) is 5.26 Å². The fourth-order valence-electron chi connectivity index (χ4n) is 2.16. The molecule has 0 saturated carbocycles.